The number of carbonyl (C=O) groups is 1. The molecule has 0 bridgehead atoms. The van der Waals surface area contributed by atoms with Crippen molar-refractivity contribution in [3.8, 4) is 16.3 Å². The van der Waals surface area contributed by atoms with Gasteiger partial charge in [0.2, 0.25) is 0 Å². The molecule has 1 aromatic carbocycles. The van der Waals surface area contributed by atoms with E-state index < -0.39 is 0 Å². The Balaban J connectivity index is 1.33. The number of aryl methyl sites for hydroxylation is 1. The molecule has 0 saturated carbocycles. The highest BCUT2D eigenvalue weighted by atomic mass is 32.1. The number of thiazole rings is 1. The highest BCUT2D eigenvalue weighted by molar-refractivity contribution is 7.13. The van der Waals surface area contributed by atoms with Crippen LogP contribution < -0.4 is 4.74 Å². The van der Waals surface area contributed by atoms with Gasteiger partial charge in [0.05, 0.1) is 12.8 Å². The minimum Gasteiger partial charge on any atom is -0.497 e. The number of hydrogen-bond acceptors (Lipinski definition) is 6. The second-order valence-corrected chi connectivity index (χ2v) is 7.96. The zero-order chi connectivity index (χ0) is 20.2. The van der Waals surface area contributed by atoms with E-state index >= 15 is 0 Å². The second-order valence-electron chi connectivity index (χ2n) is 7.11. The number of nitrogens with zero attached hydrogens (tertiary/aromatic N) is 4. The number of piperazine rings is 1. The molecule has 6 nitrogen and oxygen atoms in total. The molecule has 1 saturated heterocycles. The Hall–Kier alpha value is -2.77. The maximum Gasteiger partial charge on any atom is 0.272 e. The largest absolute Gasteiger partial charge is 0.497 e. The fourth-order valence-corrected chi connectivity index (χ4v) is 4.23. The van der Waals surface area contributed by atoms with Crippen molar-refractivity contribution in [3.05, 3.63) is 64.9 Å². The summed E-state index contributed by atoms with van der Waals surface area (Å²) in [6.45, 7) is 5.81. The van der Waals surface area contributed by atoms with Crippen LogP contribution in [0.25, 0.3) is 10.6 Å². The van der Waals surface area contributed by atoms with Gasteiger partial charge >= 0.3 is 0 Å². The summed E-state index contributed by atoms with van der Waals surface area (Å²) in [7, 11) is 1.67. The van der Waals surface area contributed by atoms with E-state index in [4.69, 9.17) is 9.72 Å². The first-order valence-corrected chi connectivity index (χ1v) is 10.5. The number of aromatic nitrogens is 2. The lowest BCUT2D eigenvalue weighted by Crippen LogP contribution is -2.48. The van der Waals surface area contributed by atoms with Crippen molar-refractivity contribution in [2.24, 2.45) is 0 Å². The van der Waals surface area contributed by atoms with Crippen LogP contribution in [0.1, 0.15) is 21.9 Å². The average molecular weight is 409 g/mol. The highest BCUT2D eigenvalue weighted by Crippen LogP contribution is 2.26. The van der Waals surface area contributed by atoms with Crippen molar-refractivity contribution in [3.63, 3.8) is 0 Å². The molecule has 0 atom stereocenters. The summed E-state index contributed by atoms with van der Waals surface area (Å²) in [5, 5.41) is 3.13. The molecular formula is C22H24N4O2S. The Kier molecular flexibility index (Phi) is 5.87. The first kappa shape index (κ1) is 19.5. The number of pyridine rings is 1. The number of carbonyl (C=O) groups excluding carboxylic acids is 1. The van der Waals surface area contributed by atoms with Crippen molar-refractivity contribution in [1.82, 2.24) is 19.8 Å². The lowest BCUT2D eigenvalue weighted by molar-refractivity contribution is 0.0621. The van der Waals surface area contributed by atoms with Gasteiger partial charge in [-0.2, -0.15) is 0 Å². The molecule has 0 spiro atoms. The first-order valence-electron chi connectivity index (χ1n) is 9.66. The maximum absolute atomic E-state index is 12.6. The molecule has 0 N–H and O–H groups in total. The lowest BCUT2D eigenvalue weighted by Gasteiger charge is -2.34. The van der Waals surface area contributed by atoms with Crippen LogP contribution in [0.3, 0.4) is 0 Å². The molecule has 1 aliphatic rings. The van der Waals surface area contributed by atoms with Crippen LogP contribution in [0, 0.1) is 6.92 Å². The van der Waals surface area contributed by atoms with Gasteiger partial charge in [0.15, 0.2) is 0 Å². The van der Waals surface area contributed by atoms with Gasteiger partial charge in [0.1, 0.15) is 16.5 Å². The summed E-state index contributed by atoms with van der Waals surface area (Å²) in [5.41, 5.74) is 3.57. The standard InChI is InChI=1S/C22H24N4O2S/c1-16-4-3-5-20(23-16)22(27)26-12-10-25(11-13-26)14-18-15-29-21(24-18)17-6-8-19(28-2)9-7-17/h3-9,15H,10-14H2,1-2H3. The van der Waals surface area contributed by atoms with E-state index in [0.717, 1.165) is 47.3 Å². The Morgan fingerprint density at radius 1 is 1.07 bits per heavy atom. The molecule has 150 valence electrons. The molecule has 7 heteroatoms. The van der Waals surface area contributed by atoms with Crippen LogP contribution >= 0.6 is 11.3 Å². The number of benzene rings is 1. The summed E-state index contributed by atoms with van der Waals surface area (Å²) in [6.07, 6.45) is 0. The van der Waals surface area contributed by atoms with Gasteiger partial charge in [-0.25, -0.2) is 9.97 Å². The second kappa shape index (κ2) is 8.71. The minimum absolute atomic E-state index is 0.0174. The van der Waals surface area contributed by atoms with Gasteiger partial charge in [-0.15, -0.1) is 11.3 Å². The van der Waals surface area contributed by atoms with E-state index in [-0.39, 0.29) is 5.91 Å². The monoisotopic (exact) mass is 408 g/mol. The van der Waals surface area contributed by atoms with E-state index in [0.29, 0.717) is 18.8 Å². The molecule has 1 aliphatic heterocycles. The molecule has 2 aromatic heterocycles. The predicted octanol–water partition coefficient (Wildman–Crippen LogP) is 3.48. The van der Waals surface area contributed by atoms with Crippen molar-refractivity contribution in [2.45, 2.75) is 13.5 Å². The summed E-state index contributed by atoms with van der Waals surface area (Å²) in [4.78, 5) is 26.0. The smallest absolute Gasteiger partial charge is 0.272 e. The molecule has 1 amide bonds. The fraction of sp³-hybridized carbons (Fsp3) is 0.318. The predicted molar refractivity (Wildman–Crippen MR) is 114 cm³/mol. The number of ether oxygens (including phenoxy) is 1. The molecule has 0 aliphatic carbocycles. The van der Waals surface area contributed by atoms with Gasteiger partial charge in [-0.3, -0.25) is 9.69 Å². The van der Waals surface area contributed by atoms with Gasteiger partial charge in [-0.1, -0.05) is 6.07 Å². The van der Waals surface area contributed by atoms with Gasteiger partial charge in [-0.05, 0) is 43.3 Å². The zero-order valence-electron chi connectivity index (χ0n) is 16.7. The van der Waals surface area contributed by atoms with E-state index in [1.165, 1.54) is 0 Å². The highest BCUT2D eigenvalue weighted by Gasteiger charge is 2.23. The van der Waals surface area contributed by atoms with E-state index in [9.17, 15) is 4.79 Å². The molecular weight excluding hydrogens is 384 g/mol. The van der Waals surface area contributed by atoms with E-state index in [1.54, 1.807) is 24.5 Å². The quantitative estimate of drug-likeness (QED) is 0.647. The number of hydrogen-bond donors (Lipinski definition) is 0. The molecule has 29 heavy (non-hydrogen) atoms. The lowest BCUT2D eigenvalue weighted by atomic mass is 10.2. The number of methoxy groups -OCH3 is 1. The van der Waals surface area contributed by atoms with Crippen LogP contribution in [0.2, 0.25) is 0 Å². The van der Waals surface area contributed by atoms with Crippen molar-refractivity contribution < 1.29 is 9.53 Å². The Labute approximate surface area is 174 Å². The molecule has 0 radical (unpaired) electrons. The Morgan fingerprint density at radius 2 is 1.83 bits per heavy atom. The van der Waals surface area contributed by atoms with E-state index in [2.05, 4.69) is 15.3 Å². The normalized spacial score (nSPS) is 14.8. The van der Waals surface area contributed by atoms with Crippen molar-refractivity contribution in [1.29, 1.82) is 0 Å². The summed E-state index contributed by atoms with van der Waals surface area (Å²) >= 11 is 1.66. The van der Waals surface area contributed by atoms with Crippen molar-refractivity contribution in [2.75, 3.05) is 33.3 Å². The molecule has 3 heterocycles. The van der Waals surface area contributed by atoms with Crippen LogP contribution in [-0.4, -0.2) is 59.0 Å². The zero-order valence-corrected chi connectivity index (χ0v) is 17.5. The topological polar surface area (TPSA) is 58.6 Å². The molecule has 4 rings (SSSR count). The van der Waals surface area contributed by atoms with Crippen LogP contribution in [-0.2, 0) is 6.54 Å². The van der Waals surface area contributed by atoms with Crippen LogP contribution in [0.15, 0.2) is 47.8 Å². The van der Waals surface area contributed by atoms with Gasteiger partial charge in [0, 0.05) is 49.4 Å². The van der Waals surface area contributed by atoms with Gasteiger partial charge < -0.3 is 9.64 Å². The minimum atomic E-state index is 0.0174. The maximum atomic E-state index is 12.6. The summed E-state index contributed by atoms with van der Waals surface area (Å²) < 4.78 is 5.21. The van der Waals surface area contributed by atoms with Crippen LogP contribution in [0.4, 0.5) is 0 Å². The van der Waals surface area contributed by atoms with Crippen LogP contribution in [0.5, 0.6) is 5.75 Å². The molecule has 3 aromatic rings. The van der Waals surface area contributed by atoms with E-state index in [1.807, 2.05) is 48.2 Å². The first-order chi connectivity index (χ1) is 14.1. The SMILES string of the molecule is COc1ccc(-c2nc(CN3CCN(C(=O)c4cccc(C)n4)CC3)cs2)cc1. The Morgan fingerprint density at radius 3 is 2.52 bits per heavy atom. The molecule has 1 fully saturated rings. The number of amides is 1. The summed E-state index contributed by atoms with van der Waals surface area (Å²) in [5.74, 6) is 0.864. The Bertz CT molecular complexity index is 978. The fourth-order valence-electron chi connectivity index (χ4n) is 3.41. The average Bonchev–Trinajstić information content (AvgIpc) is 3.22. The third-order valence-corrected chi connectivity index (χ3v) is 5.98. The third-order valence-electron chi connectivity index (χ3n) is 5.04. The third kappa shape index (κ3) is 4.63. The van der Waals surface area contributed by atoms with Gasteiger partial charge in [0.25, 0.3) is 5.91 Å². The molecule has 0 unspecified atom stereocenters. The van der Waals surface area contributed by atoms with Crippen molar-refractivity contribution >= 4 is 17.2 Å². The number of rotatable bonds is 5. The summed E-state index contributed by atoms with van der Waals surface area (Å²) in [6, 6.07) is 13.6.